The summed E-state index contributed by atoms with van der Waals surface area (Å²) in [6.07, 6.45) is 6.61. The molecule has 0 aliphatic carbocycles. The molecule has 0 spiro atoms. The third-order valence-corrected chi connectivity index (χ3v) is 5.91. The Labute approximate surface area is 160 Å². The standard InChI is InChI=1S/C20H28N6O/c1-14-4-8-22-26(14)15(2)20(27)25-10-5-16(6-11-25)19-21-12-17-13-24(3)9-7-18(17)23-19/h4,8,12,15-16H,5-7,9-11,13H2,1-3H3/t15-/m1/s1. The second-order valence-corrected chi connectivity index (χ2v) is 7.88. The molecule has 0 radical (unpaired) electrons. The molecule has 2 aliphatic heterocycles. The van der Waals surface area contributed by atoms with Crippen LogP contribution in [0, 0.1) is 6.92 Å². The fraction of sp³-hybridized carbons (Fsp3) is 0.600. The van der Waals surface area contributed by atoms with Crippen LogP contribution in [0.15, 0.2) is 18.5 Å². The van der Waals surface area contributed by atoms with Gasteiger partial charge in [0, 0.05) is 67.9 Å². The van der Waals surface area contributed by atoms with Gasteiger partial charge < -0.3 is 9.80 Å². The molecule has 0 saturated carbocycles. The number of hydrogen-bond acceptors (Lipinski definition) is 5. The van der Waals surface area contributed by atoms with Crippen LogP contribution in [-0.4, -0.2) is 62.1 Å². The van der Waals surface area contributed by atoms with E-state index in [4.69, 9.17) is 4.98 Å². The summed E-state index contributed by atoms with van der Waals surface area (Å²) in [5, 5.41) is 4.29. The number of rotatable bonds is 3. The van der Waals surface area contributed by atoms with Gasteiger partial charge in [0.25, 0.3) is 0 Å². The minimum atomic E-state index is -0.256. The zero-order valence-corrected chi connectivity index (χ0v) is 16.4. The lowest BCUT2D eigenvalue weighted by Crippen LogP contribution is -2.42. The van der Waals surface area contributed by atoms with E-state index in [9.17, 15) is 4.79 Å². The number of piperidine rings is 1. The molecule has 4 rings (SSSR count). The number of nitrogens with zero attached hydrogens (tertiary/aromatic N) is 6. The van der Waals surface area contributed by atoms with Crippen molar-refractivity contribution >= 4 is 5.91 Å². The van der Waals surface area contributed by atoms with E-state index in [0.29, 0.717) is 5.92 Å². The number of carbonyl (C=O) groups is 1. The van der Waals surface area contributed by atoms with Crippen LogP contribution >= 0.6 is 0 Å². The summed E-state index contributed by atoms with van der Waals surface area (Å²) in [4.78, 5) is 26.6. The summed E-state index contributed by atoms with van der Waals surface area (Å²) in [6, 6.07) is 1.68. The number of hydrogen-bond donors (Lipinski definition) is 0. The number of amides is 1. The summed E-state index contributed by atoms with van der Waals surface area (Å²) in [5.41, 5.74) is 3.47. The number of carbonyl (C=O) groups excluding carboxylic acids is 1. The molecule has 27 heavy (non-hydrogen) atoms. The lowest BCUT2D eigenvalue weighted by atomic mass is 9.95. The van der Waals surface area contributed by atoms with Gasteiger partial charge in [-0.1, -0.05) is 0 Å². The van der Waals surface area contributed by atoms with Gasteiger partial charge in [0.15, 0.2) is 0 Å². The molecule has 0 N–H and O–H groups in total. The molecule has 4 heterocycles. The molecule has 0 unspecified atom stereocenters. The van der Waals surface area contributed by atoms with E-state index in [-0.39, 0.29) is 11.9 Å². The Kier molecular flexibility index (Phi) is 4.95. The molecule has 0 aromatic carbocycles. The Morgan fingerprint density at radius 1 is 1.26 bits per heavy atom. The third-order valence-electron chi connectivity index (χ3n) is 5.91. The topological polar surface area (TPSA) is 67.2 Å². The SMILES string of the molecule is Cc1ccnn1[C@H](C)C(=O)N1CCC(c2ncc3c(n2)CCN(C)C3)CC1. The van der Waals surface area contributed by atoms with Gasteiger partial charge in [-0.15, -0.1) is 0 Å². The van der Waals surface area contributed by atoms with E-state index in [2.05, 4.69) is 22.0 Å². The van der Waals surface area contributed by atoms with Crippen molar-refractivity contribution in [3.63, 3.8) is 0 Å². The second kappa shape index (κ2) is 7.38. The van der Waals surface area contributed by atoms with Crippen LogP contribution in [0.5, 0.6) is 0 Å². The first-order valence-electron chi connectivity index (χ1n) is 9.85. The maximum Gasteiger partial charge on any atom is 0.247 e. The summed E-state index contributed by atoms with van der Waals surface area (Å²) >= 11 is 0. The van der Waals surface area contributed by atoms with E-state index >= 15 is 0 Å². The van der Waals surface area contributed by atoms with Gasteiger partial charge in [-0.2, -0.15) is 5.10 Å². The quantitative estimate of drug-likeness (QED) is 0.828. The first kappa shape index (κ1) is 18.1. The van der Waals surface area contributed by atoms with Gasteiger partial charge in [0.1, 0.15) is 11.9 Å². The van der Waals surface area contributed by atoms with Gasteiger partial charge >= 0.3 is 0 Å². The highest BCUT2D eigenvalue weighted by Gasteiger charge is 2.29. The van der Waals surface area contributed by atoms with E-state index in [1.165, 1.54) is 11.3 Å². The summed E-state index contributed by atoms with van der Waals surface area (Å²) in [5.74, 6) is 1.46. The highest BCUT2D eigenvalue weighted by molar-refractivity contribution is 5.80. The highest BCUT2D eigenvalue weighted by Crippen LogP contribution is 2.28. The maximum atomic E-state index is 12.8. The Morgan fingerprint density at radius 3 is 2.74 bits per heavy atom. The van der Waals surface area contributed by atoms with Crippen molar-refractivity contribution in [2.45, 2.75) is 51.6 Å². The largest absolute Gasteiger partial charge is 0.341 e. The number of fused-ring (bicyclic) bond motifs is 1. The van der Waals surface area contributed by atoms with Crippen molar-refractivity contribution in [3.05, 3.63) is 41.2 Å². The smallest absolute Gasteiger partial charge is 0.247 e. The van der Waals surface area contributed by atoms with E-state index in [1.807, 2.05) is 31.0 Å². The Bertz CT molecular complexity index is 824. The minimum Gasteiger partial charge on any atom is -0.341 e. The monoisotopic (exact) mass is 368 g/mol. The number of likely N-dealkylation sites (tertiary alicyclic amines) is 1. The predicted molar refractivity (Wildman–Crippen MR) is 102 cm³/mol. The first-order valence-corrected chi connectivity index (χ1v) is 9.85. The lowest BCUT2D eigenvalue weighted by molar-refractivity contribution is -0.135. The predicted octanol–water partition coefficient (Wildman–Crippen LogP) is 1.94. The molecule has 144 valence electrons. The molecule has 1 amide bonds. The minimum absolute atomic E-state index is 0.148. The van der Waals surface area contributed by atoms with Crippen LogP contribution in [0.1, 0.15) is 54.5 Å². The van der Waals surface area contributed by atoms with Crippen LogP contribution in [0.2, 0.25) is 0 Å². The van der Waals surface area contributed by atoms with Crippen LogP contribution < -0.4 is 0 Å². The number of aryl methyl sites for hydroxylation is 1. The van der Waals surface area contributed by atoms with Crippen molar-refractivity contribution in [1.29, 1.82) is 0 Å². The number of likely N-dealkylation sites (N-methyl/N-ethyl adjacent to an activating group) is 1. The Morgan fingerprint density at radius 2 is 2.04 bits per heavy atom. The summed E-state index contributed by atoms with van der Waals surface area (Å²) in [6.45, 7) is 7.43. The molecule has 2 aliphatic rings. The number of aromatic nitrogens is 4. The molecule has 7 nitrogen and oxygen atoms in total. The van der Waals surface area contributed by atoms with Gasteiger partial charge in [-0.05, 0) is 39.8 Å². The second-order valence-electron chi connectivity index (χ2n) is 7.88. The molecule has 2 aromatic rings. The summed E-state index contributed by atoms with van der Waals surface area (Å²) in [7, 11) is 2.13. The molecule has 0 bridgehead atoms. The zero-order chi connectivity index (χ0) is 19.0. The highest BCUT2D eigenvalue weighted by atomic mass is 16.2. The van der Waals surface area contributed by atoms with Crippen LogP contribution in [0.3, 0.4) is 0 Å². The fourth-order valence-corrected chi connectivity index (χ4v) is 4.18. The molecule has 1 atom stereocenters. The molecular weight excluding hydrogens is 340 g/mol. The Balaban J connectivity index is 1.39. The maximum absolute atomic E-state index is 12.8. The average Bonchev–Trinajstić information content (AvgIpc) is 3.12. The van der Waals surface area contributed by atoms with Crippen LogP contribution in [0.25, 0.3) is 0 Å². The van der Waals surface area contributed by atoms with E-state index in [0.717, 1.165) is 57.0 Å². The molecule has 1 fully saturated rings. The molecule has 1 saturated heterocycles. The van der Waals surface area contributed by atoms with Gasteiger partial charge in [-0.3, -0.25) is 9.48 Å². The molecule has 2 aromatic heterocycles. The molecule has 7 heteroatoms. The summed E-state index contributed by atoms with van der Waals surface area (Å²) < 4.78 is 1.80. The zero-order valence-electron chi connectivity index (χ0n) is 16.4. The average molecular weight is 368 g/mol. The fourth-order valence-electron chi connectivity index (χ4n) is 4.18. The van der Waals surface area contributed by atoms with Crippen molar-refractivity contribution < 1.29 is 4.79 Å². The van der Waals surface area contributed by atoms with E-state index in [1.54, 1.807) is 10.9 Å². The lowest BCUT2D eigenvalue weighted by Gasteiger charge is -2.33. The van der Waals surface area contributed by atoms with Crippen molar-refractivity contribution in [2.24, 2.45) is 0 Å². The van der Waals surface area contributed by atoms with Crippen molar-refractivity contribution in [3.8, 4) is 0 Å². The van der Waals surface area contributed by atoms with E-state index < -0.39 is 0 Å². The van der Waals surface area contributed by atoms with Crippen LogP contribution in [0.4, 0.5) is 0 Å². The van der Waals surface area contributed by atoms with Gasteiger partial charge in [0.05, 0.1) is 0 Å². The van der Waals surface area contributed by atoms with Crippen LogP contribution in [-0.2, 0) is 17.8 Å². The van der Waals surface area contributed by atoms with Gasteiger partial charge in [-0.25, -0.2) is 9.97 Å². The van der Waals surface area contributed by atoms with Crippen molar-refractivity contribution in [1.82, 2.24) is 29.5 Å². The first-order chi connectivity index (χ1) is 13.0. The molecular formula is C20H28N6O. The Hall–Kier alpha value is -2.28. The normalized spacial score (nSPS) is 19.7. The third kappa shape index (κ3) is 3.60. The van der Waals surface area contributed by atoms with Crippen molar-refractivity contribution in [2.75, 3.05) is 26.7 Å². The van der Waals surface area contributed by atoms with Gasteiger partial charge in [0.2, 0.25) is 5.91 Å².